The van der Waals surface area contributed by atoms with E-state index >= 15 is 0 Å². The summed E-state index contributed by atoms with van der Waals surface area (Å²) in [7, 11) is -4.06. The van der Waals surface area contributed by atoms with Crippen molar-refractivity contribution >= 4 is 17.8 Å². The normalized spacial score (nSPS) is 19.1. The molecule has 0 bridgehead atoms. The Hall–Kier alpha value is 0.194. The Bertz CT molecular complexity index is 307. The first-order valence-corrected chi connectivity index (χ1v) is 13.5. The van der Waals surface area contributed by atoms with Crippen LogP contribution in [-0.4, -0.2) is 62.8 Å². The molecule has 0 radical (unpaired) electrons. The minimum absolute atomic E-state index is 0.521. The second kappa shape index (κ2) is 11.7. The fraction of sp³-hybridized carbons (Fsp3) is 1.00. The minimum atomic E-state index is -3.14. The third kappa shape index (κ3) is 5.60. The first kappa shape index (κ1) is 22.2. The first-order valence-electron chi connectivity index (χ1n) is 9.56. The van der Waals surface area contributed by atoms with Gasteiger partial charge < -0.3 is 27.7 Å². The zero-order chi connectivity index (χ0) is 17.9. The summed E-state index contributed by atoms with van der Waals surface area (Å²) >= 11 is 0. The number of nitrogens with one attached hydrogen (secondary N) is 1. The number of ether oxygens (including phenoxy) is 2. The van der Waals surface area contributed by atoms with Crippen LogP contribution in [0.15, 0.2) is 0 Å². The van der Waals surface area contributed by atoms with E-state index in [9.17, 15) is 0 Å². The molecule has 0 saturated carbocycles. The Morgan fingerprint density at radius 3 is 1.79 bits per heavy atom. The zero-order valence-electron chi connectivity index (χ0n) is 16.2. The van der Waals surface area contributed by atoms with Gasteiger partial charge in [0.05, 0.1) is 0 Å². The molecule has 8 heteroatoms. The van der Waals surface area contributed by atoms with Gasteiger partial charge in [-0.1, -0.05) is 0 Å². The number of hydrogen-bond donors (Lipinski definition) is 1. The highest BCUT2D eigenvalue weighted by Gasteiger charge is 2.64. The lowest BCUT2D eigenvalue weighted by Gasteiger charge is -2.44. The van der Waals surface area contributed by atoms with Gasteiger partial charge in [0, 0.05) is 39.5 Å². The van der Waals surface area contributed by atoms with E-state index in [1.807, 2.05) is 34.6 Å². The van der Waals surface area contributed by atoms with Crippen LogP contribution in [0.5, 0.6) is 0 Å². The van der Waals surface area contributed by atoms with Gasteiger partial charge in [0.1, 0.15) is 8.96 Å². The van der Waals surface area contributed by atoms with Crippen LogP contribution in [-0.2, 0) is 22.8 Å². The summed E-state index contributed by atoms with van der Waals surface area (Å²) in [5.74, 6) is 0. The van der Waals surface area contributed by atoms with Crippen molar-refractivity contribution in [3.8, 4) is 0 Å². The number of hydrogen-bond acceptors (Lipinski definition) is 6. The van der Waals surface area contributed by atoms with Crippen molar-refractivity contribution in [3.05, 3.63) is 0 Å². The van der Waals surface area contributed by atoms with Gasteiger partial charge >= 0.3 is 8.80 Å². The predicted molar refractivity (Wildman–Crippen MR) is 101 cm³/mol. The SMILES string of the molecule is CCOC(CC[SiH]1CCCN1)(OCC)[Si](OCC)(OCC)OCC. The summed E-state index contributed by atoms with van der Waals surface area (Å²) in [5.41, 5.74) is -0.907. The molecule has 0 aliphatic carbocycles. The lowest BCUT2D eigenvalue weighted by atomic mass is 10.4. The van der Waals surface area contributed by atoms with E-state index in [1.165, 1.54) is 12.5 Å². The topological polar surface area (TPSA) is 58.2 Å². The second-order valence-electron chi connectivity index (χ2n) is 5.81. The van der Waals surface area contributed by atoms with Crippen molar-refractivity contribution in [2.75, 3.05) is 39.6 Å². The molecule has 1 saturated heterocycles. The molecule has 24 heavy (non-hydrogen) atoms. The summed E-state index contributed by atoms with van der Waals surface area (Å²) in [5, 5.41) is 0. The monoisotopic (exact) mass is 379 g/mol. The Morgan fingerprint density at radius 1 is 0.875 bits per heavy atom. The van der Waals surface area contributed by atoms with Crippen LogP contribution in [0.1, 0.15) is 47.5 Å². The van der Waals surface area contributed by atoms with Crippen LogP contribution in [0.3, 0.4) is 0 Å². The molecule has 0 spiro atoms. The average Bonchev–Trinajstić information content (AvgIpc) is 3.07. The molecule has 1 atom stereocenters. The fourth-order valence-corrected chi connectivity index (χ4v) is 9.54. The quantitative estimate of drug-likeness (QED) is 0.369. The van der Waals surface area contributed by atoms with Crippen LogP contribution >= 0.6 is 0 Å². The van der Waals surface area contributed by atoms with E-state index in [4.69, 9.17) is 22.8 Å². The highest BCUT2D eigenvalue weighted by Crippen LogP contribution is 2.35. The zero-order valence-corrected chi connectivity index (χ0v) is 18.3. The molecule has 0 amide bonds. The Kier molecular flexibility index (Phi) is 10.9. The van der Waals surface area contributed by atoms with Crippen LogP contribution < -0.4 is 4.98 Å². The number of rotatable bonds is 14. The van der Waals surface area contributed by atoms with Crippen LogP contribution in [0.2, 0.25) is 12.1 Å². The molecule has 1 N–H and O–H groups in total. The van der Waals surface area contributed by atoms with Crippen molar-refractivity contribution in [1.82, 2.24) is 4.98 Å². The molecule has 0 aromatic carbocycles. The third-order valence-electron chi connectivity index (χ3n) is 4.21. The van der Waals surface area contributed by atoms with E-state index in [2.05, 4.69) is 4.98 Å². The van der Waals surface area contributed by atoms with Crippen LogP contribution in [0.25, 0.3) is 0 Å². The fourth-order valence-electron chi connectivity index (χ4n) is 3.37. The Labute approximate surface area is 150 Å². The largest absolute Gasteiger partial charge is 0.563 e. The molecule has 1 rings (SSSR count). The van der Waals surface area contributed by atoms with Crippen molar-refractivity contribution in [1.29, 1.82) is 0 Å². The average molecular weight is 380 g/mol. The van der Waals surface area contributed by atoms with Gasteiger partial charge in [0.25, 0.3) is 0 Å². The van der Waals surface area contributed by atoms with Gasteiger partial charge in [0.2, 0.25) is 5.41 Å². The van der Waals surface area contributed by atoms with Gasteiger partial charge in [-0.05, 0) is 59.7 Å². The van der Waals surface area contributed by atoms with Crippen LogP contribution in [0.4, 0.5) is 0 Å². The van der Waals surface area contributed by atoms with E-state index in [-0.39, 0.29) is 0 Å². The highest BCUT2D eigenvalue weighted by molar-refractivity contribution is 6.64. The maximum atomic E-state index is 6.21. The van der Waals surface area contributed by atoms with Crippen LogP contribution in [0, 0.1) is 0 Å². The first-order chi connectivity index (χ1) is 11.6. The molecule has 144 valence electrons. The van der Waals surface area contributed by atoms with Crippen molar-refractivity contribution in [2.45, 2.75) is 65.0 Å². The predicted octanol–water partition coefficient (Wildman–Crippen LogP) is 2.45. The molecular formula is C16H37NO5Si2. The molecule has 0 aromatic heterocycles. The molecule has 6 nitrogen and oxygen atoms in total. The molecule has 0 aromatic rings. The lowest BCUT2D eigenvalue weighted by Crippen LogP contribution is -2.68. The smallest absolute Gasteiger partial charge is 0.371 e. The summed E-state index contributed by atoms with van der Waals surface area (Å²) in [6, 6.07) is 2.43. The summed E-state index contributed by atoms with van der Waals surface area (Å²) in [6.07, 6.45) is 2.06. The lowest BCUT2D eigenvalue weighted by molar-refractivity contribution is -0.222. The highest BCUT2D eigenvalue weighted by atomic mass is 28.4. The molecule has 1 unspecified atom stereocenters. The molecule has 1 fully saturated rings. The van der Waals surface area contributed by atoms with E-state index in [0.717, 1.165) is 19.0 Å². The van der Waals surface area contributed by atoms with E-state index in [1.54, 1.807) is 0 Å². The standard InChI is InChI=1S/C16H37NO5Si2/c1-6-18-16(19-7-2,12-15-23-14-11-13-17-23)24(20-8-3,21-9-4)22-10-5/h17,23H,6-15H2,1-5H3. The van der Waals surface area contributed by atoms with Gasteiger partial charge in [-0.15, -0.1) is 0 Å². The van der Waals surface area contributed by atoms with Gasteiger partial charge in [-0.25, -0.2) is 0 Å². The minimum Gasteiger partial charge on any atom is -0.371 e. The molecule has 1 aliphatic heterocycles. The maximum absolute atomic E-state index is 6.21. The molecule has 1 aliphatic rings. The third-order valence-corrected chi connectivity index (χ3v) is 10.6. The van der Waals surface area contributed by atoms with Gasteiger partial charge in [-0.2, -0.15) is 0 Å². The second-order valence-corrected chi connectivity index (χ2v) is 11.5. The summed E-state index contributed by atoms with van der Waals surface area (Å²) in [4.78, 5) is 3.68. The maximum Gasteiger partial charge on any atom is 0.563 e. The summed E-state index contributed by atoms with van der Waals surface area (Å²) < 4.78 is 30.8. The Balaban J connectivity index is 3.09. The van der Waals surface area contributed by atoms with E-state index in [0.29, 0.717) is 33.0 Å². The van der Waals surface area contributed by atoms with E-state index < -0.39 is 23.2 Å². The van der Waals surface area contributed by atoms with Crippen molar-refractivity contribution < 1.29 is 22.8 Å². The van der Waals surface area contributed by atoms with Gasteiger partial charge in [0.15, 0.2) is 0 Å². The van der Waals surface area contributed by atoms with Crippen molar-refractivity contribution in [3.63, 3.8) is 0 Å². The summed E-state index contributed by atoms with van der Waals surface area (Å²) in [6.45, 7) is 13.7. The molecule has 1 heterocycles. The molecular weight excluding hydrogens is 342 g/mol. The van der Waals surface area contributed by atoms with Crippen molar-refractivity contribution in [2.24, 2.45) is 0 Å². The Morgan fingerprint density at radius 2 is 1.42 bits per heavy atom. The van der Waals surface area contributed by atoms with Gasteiger partial charge in [-0.3, -0.25) is 0 Å².